The molecule has 0 bridgehead atoms. The lowest BCUT2D eigenvalue weighted by Gasteiger charge is -2.35. The van der Waals surface area contributed by atoms with Crippen molar-refractivity contribution in [3.05, 3.63) is 18.2 Å². The lowest BCUT2D eigenvalue weighted by Crippen LogP contribution is -2.51. The molecule has 108 valence electrons. The molecule has 0 spiro atoms. The van der Waals surface area contributed by atoms with Crippen molar-refractivity contribution in [2.45, 2.75) is 51.9 Å². The first-order valence-electron chi connectivity index (χ1n) is 7.13. The molecule has 2 rings (SSSR count). The molecular formula is C14H26N4O. The van der Waals surface area contributed by atoms with Crippen LogP contribution in [0.15, 0.2) is 12.4 Å². The number of fused-ring (bicyclic) bond motifs is 1. The van der Waals surface area contributed by atoms with Crippen molar-refractivity contribution < 1.29 is 5.11 Å². The third kappa shape index (κ3) is 3.78. The fourth-order valence-corrected chi connectivity index (χ4v) is 2.71. The van der Waals surface area contributed by atoms with E-state index < -0.39 is 0 Å². The highest BCUT2D eigenvalue weighted by molar-refractivity contribution is 4.96. The smallest absolute Gasteiger partial charge is 0.122 e. The highest BCUT2D eigenvalue weighted by Gasteiger charge is 2.25. The van der Waals surface area contributed by atoms with E-state index in [0.717, 1.165) is 38.4 Å². The highest BCUT2D eigenvalue weighted by Crippen LogP contribution is 2.15. The van der Waals surface area contributed by atoms with Gasteiger partial charge in [0.05, 0.1) is 13.2 Å². The molecule has 0 radical (unpaired) electrons. The molecule has 5 heteroatoms. The van der Waals surface area contributed by atoms with Crippen molar-refractivity contribution >= 4 is 0 Å². The molecule has 0 aromatic carbocycles. The maximum absolute atomic E-state index is 9.59. The monoisotopic (exact) mass is 266 g/mol. The summed E-state index contributed by atoms with van der Waals surface area (Å²) < 4.78 is 2.22. The van der Waals surface area contributed by atoms with Gasteiger partial charge in [-0.05, 0) is 13.3 Å². The Balaban J connectivity index is 1.85. The van der Waals surface area contributed by atoms with E-state index in [1.54, 1.807) is 0 Å². The average Bonchev–Trinajstić information content (AvgIpc) is 2.83. The van der Waals surface area contributed by atoms with Gasteiger partial charge in [-0.3, -0.25) is 4.90 Å². The minimum atomic E-state index is -0.193. The van der Waals surface area contributed by atoms with E-state index in [1.807, 2.05) is 12.4 Å². The van der Waals surface area contributed by atoms with Crippen LogP contribution in [0.1, 0.15) is 33.0 Å². The first kappa shape index (κ1) is 14.5. The largest absolute Gasteiger partial charge is 0.394 e. The Labute approximate surface area is 115 Å². The maximum atomic E-state index is 9.59. The topological polar surface area (TPSA) is 53.3 Å². The minimum Gasteiger partial charge on any atom is -0.394 e. The number of hydrogen-bond acceptors (Lipinski definition) is 4. The molecule has 0 saturated heterocycles. The Morgan fingerprint density at radius 1 is 1.47 bits per heavy atom. The van der Waals surface area contributed by atoms with Crippen LogP contribution < -0.4 is 5.32 Å². The molecule has 1 atom stereocenters. The molecule has 0 amide bonds. The standard InChI is InChI=1S/C14H26N4O/c1-12(2)16-14(3,11-19)4-6-17-8-9-18-7-5-15-13(18)10-17/h5,7,12,16,19H,4,6,8-11H2,1-3H3. The predicted molar refractivity (Wildman–Crippen MR) is 75.9 cm³/mol. The predicted octanol–water partition coefficient (Wildman–Crippen LogP) is 0.838. The lowest BCUT2D eigenvalue weighted by atomic mass is 9.97. The van der Waals surface area contributed by atoms with E-state index in [0.29, 0.717) is 6.04 Å². The Kier molecular flexibility index (Phi) is 4.60. The zero-order valence-electron chi connectivity index (χ0n) is 12.3. The van der Waals surface area contributed by atoms with Crippen LogP contribution in [0.3, 0.4) is 0 Å². The van der Waals surface area contributed by atoms with Gasteiger partial charge in [0.25, 0.3) is 0 Å². The molecule has 1 aromatic heterocycles. The molecule has 1 aromatic rings. The number of aliphatic hydroxyl groups is 1. The van der Waals surface area contributed by atoms with Gasteiger partial charge in [0, 0.05) is 43.6 Å². The molecule has 2 heterocycles. The molecule has 1 aliphatic rings. The Bertz CT molecular complexity index is 404. The summed E-state index contributed by atoms with van der Waals surface area (Å²) in [7, 11) is 0. The van der Waals surface area contributed by atoms with E-state index in [9.17, 15) is 5.11 Å². The molecule has 0 fully saturated rings. The van der Waals surface area contributed by atoms with Crippen molar-refractivity contribution in [3.8, 4) is 0 Å². The Morgan fingerprint density at radius 2 is 2.26 bits per heavy atom. The van der Waals surface area contributed by atoms with Crippen LogP contribution in [0.5, 0.6) is 0 Å². The summed E-state index contributed by atoms with van der Waals surface area (Å²) in [5, 5.41) is 13.1. The number of aromatic nitrogens is 2. The Hall–Kier alpha value is -0.910. The van der Waals surface area contributed by atoms with E-state index in [-0.39, 0.29) is 12.1 Å². The van der Waals surface area contributed by atoms with Crippen LogP contribution >= 0.6 is 0 Å². The fraction of sp³-hybridized carbons (Fsp3) is 0.786. The van der Waals surface area contributed by atoms with Crippen LogP contribution in [0.2, 0.25) is 0 Å². The second-order valence-corrected chi connectivity index (χ2v) is 6.08. The molecule has 5 nitrogen and oxygen atoms in total. The second kappa shape index (κ2) is 6.03. The zero-order valence-corrected chi connectivity index (χ0v) is 12.3. The summed E-state index contributed by atoms with van der Waals surface area (Å²) in [5.74, 6) is 1.15. The van der Waals surface area contributed by atoms with E-state index in [1.165, 1.54) is 0 Å². The molecule has 2 N–H and O–H groups in total. The maximum Gasteiger partial charge on any atom is 0.122 e. The van der Waals surface area contributed by atoms with Crippen molar-refractivity contribution in [1.82, 2.24) is 19.8 Å². The van der Waals surface area contributed by atoms with Crippen molar-refractivity contribution in [1.29, 1.82) is 0 Å². The summed E-state index contributed by atoms with van der Waals surface area (Å²) in [6, 6.07) is 0.386. The zero-order chi connectivity index (χ0) is 13.9. The molecule has 1 aliphatic heterocycles. The number of nitrogens with zero attached hydrogens (tertiary/aromatic N) is 3. The van der Waals surface area contributed by atoms with Gasteiger partial charge in [0.15, 0.2) is 0 Å². The SMILES string of the molecule is CC(C)NC(C)(CO)CCN1CCn2ccnc2C1. The first-order valence-corrected chi connectivity index (χ1v) is 7.13. The van der Waals surface area contributed by atoms with E-state index >= 15 is 0 Å². The van der Waals surface area contributed by atoms with Crippen molar-refractivity contribution in [2.75, 3.05) is 19.7 Å². The quantitative estimate of drug-likeness (QED) is 0.801. The van der Waals surface area contributed by atoms with Crippen molar-refractivity contribution in [3.63, 3.8) is 0 Å². The van der Waals surface area contributed by atoms with Crippen LogP contribution in [-0.2, 0) is 13.1 Å². The Morgan fingerprint density at radius 3 is 2.95 bits per heavy atom. The first-order chi connectivity index (χ1) is 9.02. The summed E-state index contributed by atoms with van der Waals surface area (Å²) >= 11 is 0. The highest BCUT2D eigenvalue weighted by atomic mass is 16.3. The van der Waals surface area contributed by atoms with Gasteiger partial charge >= 0.3 is 0 Å². The van der Waals surface area contributed by atoms with Crippen LogP contribution in [0, 0.1) is 0 Å². The van der Waals surface area contributed by atoms with Gasteiger partial charge in [0.2, 0.25) is 0 Å². The number of nitrogens with one attached hydrogen (secondary N) is 1. The average molecular weight is 266 g/mol. The van der Waals surface area contributed by atoms with Gasteiger partial charge in [-0.25, -0.2) is 4.98 Å². The summed E-state index contributed by atoms with van der Waals surface area (Å²) in [4.78, 5) is 6.79. The molecule has 0 aliphatic carbocycles. The van der Waals surface area contributed by atoms with Gasteiger partial charge in [-0.15, -0.1) is 0 Å². The van der Waals surface area contributed by atoms with Crippen molar-refractivity contribution in [2.24, 2.45) is 0 Å². The van der Waals surface area contributed by atoms with Gasteiger partial charge in [-0.1, -0.05) is 13.8 Å². The molecule has 19 heavy (non-hydrogen) atoms. The summed E-state index contributed by atoms with van der Waals surface area (Å²) in [6.07, 6.45) is 4.87. The molecule has 1 unspecified atom stereocenters. The van der Waals surface area contributed by atoms with Crippen LogP contribution in [0.25, 0.3) is 0 Å². The number of rotatable bonds is 6. The number of hydrogen-bond donors (Lipinski definition) is 2. The third-order valence-corrected chi connectivity index (χ3v) is 3.79. The second-order valence-electron chi connectivity index (χ2n) is 6.08. The number of imidazole rings is 1. The minimum absolute atomic E-state index is 0.174. The fourth-order valence-electron chi connectivity index (χ4n) is 2.71. The summed E-state index contributed by atoms with van der Waals surface area (Å²) in [5.41, 5.74) is -0.193. The van der Waals surface area contributed by atoms with Gasteiger partial charge in [-0.2, -0.15) is 0 Å². The van der Waals surface area contributed by atoms with Crippen LogP contribution in [-0.4, -0.2) is 50.8 Å². The van der Waals surface area contributed by atoms with Crippen LogP contribution in [0.4, 0.5) is 0 Å². The number of aliphatic hydroxyl groups excluding tert-OH is 1. The lowest BCUT2D eigenvalue weighted by molar-refractivity contribution is 0.128. The van der Waals surface area contributed by atoms with Gasteiger partial charge < -0.3 is 15.0 Å². The molecular weight excluding hydrogens is 240 g/mol. The summed E-state index contributed by atoms with van der Waals surface area (Å²) in [6.45, 7) is 10.5. The molecule has 0 saturated carbocycles. The third-order valence-electron chi connectivity index (χ3n) is 3.79. The van der Waals surface area contributed by atoms with E-state index in [2.05, 4.69) is 40.5 Å². The van der Waals surface area contributed by atoms with Gasteiger partial charge in [0.1, 0.15) is 5.82 Å². The normalized spacial score (nSPS) is 19.4. The van der Waals surface area contributed by atoms with E-state index in [4.69, 9.17) is 0 Å².